The van der Waals surface area contributed by atoms with E-state index in [1.54, 1.807) is 0 Å². The van der Waals surface area contributed by atoms with Crippen molar-refractivity contribution in [3.05, 3.63) is 12.2 Å². The van der Waals surface area contributed by atoms with Crippen molar-refractivity contribution >= 4 is 11.9 Å². The van der Waals surface area contributed by atoms with Crippen LogP contribution < -0.4 is 0 Å². The maximum Gasteiger partial charge on any atom is 0.306 e. The van der Waals surface area contributed by atoms with Crippen LogP contribution in [0.1, 0.15) is 161 Å². The lowest BCUT2D eigenvalue weighted by Gasteiger charge is -2.18. The molecule has 0 aliphatic rings. The Kier molecular flexibility index (Phi) is 27.6. The highest BCUT2D eigenvalue weighted by molar-refractivity contribution is 5.69. The zero-order valence-electron chi connectivity index (χ0n) is 25.5. The highest BCUT2D eigenvalue weighted by Gasteiger charge is 2.14. The summed E-state index contributed by atoms with van der Waals surface area (Å²) >= 11 is 0. The summed E-state index contributed by atoms with van der Waals surface area (Å²) in [5, 5.41) is 8.63. The first-order chi connectivity index (χ1) is 18.5. The van der Waals surface area contributed by atoms with Gasteiger partial charge in [0.25, 0.3) is 0 Å². The fraction of sp³-hybridized carbons (Fsp3) is 0.879. The predicted octanol–water partition coefficient (Wildman–Crippen LogP) is 9.48. The van der Waals surface area contributed by atoms with Gasteiger partial charge in [0.1, 0.15) is 6.10 Å². The van der Waals surface area contributed by atoms with Crippen LogP contribution in [0.15, 0.2) is 12.2 Å². The van der Waals surface area contributed by atoms with E-state index in [0.29, 0.717) is 12.8 Å². The van der Waals surface area contributed by atoms with E-state index in [4.69, 9.17) is 9.84 Å². The SMILES string of the molecule is CCCCCCC(CCCCCCCCCCC=CCCCCCCCC(=O)O)OC(=O)CCCN(C)C. The standard InChI is InChI=1S/C33H63NO4/c1-4-5-6-22-26-31(38-33(37)29-25-30-34(2)3)27-23-20-18-16-14-12-10-8-7-9-11-13-15-17-19-21-24-28-32(35)36/h9,11,31H,4-8,10,12-30H2,1-3H3,(H,35,36). The monoisotopic (exact) mass is 537 g/mol. The van der Waals surface area contributed by atoms with Crippen molar-refractivity contribution in [1.29, 1.82) is 0 Å². The average Bonchev–Trinajstić information content (AvgIpc) is 2.87. The number of esters is 1. The van der Waals surface area contributed by atoms with Gasteiger partial charge >= 0.3 is 11.9 Å². The summed E-state index contributed by atoms with van der Waals surface area (Å²) in [4.78, 5) is 24.9. The summed E-state index contributed by atoms with van der Waals surface area (Å²) in [6.07, 6.45) is 31.7. The molecule has 0 radical (unpaired) electrons. The molecule has 0 aromatic heterocycles. The second-order valence-corrected chi connectivity index (χ2v) is 11.4. The first kappa shape index (κ1) is 36.6. The van der Waals surface area contributed by atoms with Crippen LogP contribution in [0.5, 0.6) is 0 Å². The van der Waals surface area contributed by atoms with Crippen molar-refractivity contribution in [2.24, 2.45) is 0 Å². The molecule has 0 rings (SSSR count). The third-order valence-electron chi connectivity index (χ3n) is 7.24. The Balaban J connectivity index is 3.68. The topological polar surface area (TPSA) is 66.8 Å². The highest BCUT2D eigenvalue weighted by atomic mass is 16.5. The van der Waals surface area contributed by atoms with Gasteiger partial charge in [-0.05, 0) is 84.8 Å². The van der Waals surface area contributed by atoms with Gasteiger partial charge in [0.05, 0.1) is 0 Å². The second-order valence-electron chi connectivity index (χ2n) is 11.4. The van der Waals surface area contributed by atoms with E-state index < -0.39 is 5.97 Å². The van der Waals surface area contributed by atoms with Gasteiger partial charge in [-0.2, -0.15) is 0 Å². The minimum atomic E-state index is -0.674. The number of rotatable bonds is 29. The van der Waals surface area contributed by atoms with Crippen molar-refractivity contribution in [2.45, 2.75) is 167 Å². The van der Waals surface area contributed by atoms with Gasteiger partial charge in [0.15, 0.2) is 0 Å². The molecule has 0 spiro atoms. The summed E-state index contributed by atoms with van der Waals surface area (Å²) in [5.74, 6) is -0.681. The van der Waals surface area contributed by atoms with Crippen molar-refractivity contribution < 1.29 is 19.4 Å². The van der Waals surface area contributed by atoms with Crippen LogP contribution >= 0.6 is 0 Å². The fourth-order valence-corrected chi connectivity index (χ4v) is 4.84. The number of carbonyl (C=O) groups is 2. The zero-order valence-corrected chi connectivity index (χ0v) is 25.5. The Morgan fingerprint density at radius 2 is 1.13 bits per heavy atom. The van der Waals surface area contributed by atoms with Crippen LogP contribution in [0.3, 0.4) is 0 Å². The lowest BCUT2D eigenvalue weighted by molar-refractivity contribution is -0.150. The fourth-order valence-electron chi connectivity index (χ4n) is 4.84. The third kappa shape index (κ3) is 29.2. The van der Waals surface area contributed by atoms with Crippen molar-refractivity contribution in [2.75, 3.05) is 20.6 Å². The van der Waals surface area contributed by atoms with E-state index in [2.05, 4.69) is 24.0 Å². The first-order valence-electron chi connectivity index (χ1n) is 16.2. The van der Waals surface area contributed by atoms with Gasteiger partial charge in [-0.3, -0.25) is 9.59 Å². The maximum atomic E-state index is 12.3. The summed E-state index contributed by atoms with van der Waals surface area (Å²) in [5.41, 5.74) is 0. The number of ether oxygens (including phenoxy) is 1. The number of aliphatic carboxylic acids is 1. The van der Waals surface area contributed by atoms with Gasteiger partial charge in [0.2, 0.25) is 0 Å². The van der Waals surface area contributed by atoms with E-state index in [-0.39, 0.29) is 12.1 Å². The molecule has 0 aromatic carbocycles. The number of carbonyl (C=O) groups excluding carboxylic acids is 1. The van der Waals surface area contributed by atoms with Gasteiger partial charge < -0.3 is 14.7 Å². The average molecular weight is 538 g/mol. The normalized spacial score (nSPS) is 12.4. The van der Waals surface area contributed by atoms with Gasteiger partial charge in [0, 0.05) is 12.8 Å². The second kappa shape index (κ2) is 28.6. The molecule has 0 aromatic rings. The summed E-state index contributed by atoms with van der Waals surface area (Å²) in [6, 6.07) is 0. The Labute approximate surface area is 236 Å². The molecule has 1 atom stereocenters. The van der Waals surface area contributed by atoms with Gasteiger partial charge in [-0.1, -0.05) is 96.1 Å². The molecule has 0 bridgehead atoms. The van der Waals surface area contributed by atoms with Gasteiger partial charge in [-0.15, -0.1) is 0 Å². The minimum absolute atomic E-state index is 0.00727. The Hall–Kier alpha value is -1.36. The zero-order chi connectivity index (χ0) is 28.1. The van der Waals surface area contributed by atoms with E-state index in [1.807, 2.05) is 14.1 Å². The van der Waals surface area contributed by atoms with E-state index in [0.717, 1.165) is 51.5 Å². The predicted molar refractivity (Wildman–Crippen MR) is 162 cm³/mol. The third-order valence-corrected chi connectivity index (χ3v) is 7.24. The van der Waals surface area contributed by atoms with Crippen molar-refractivity contribution in [3.8, 4) is 0 Å². The number of allylic oxidation sites excluding steroid dienone is 2. The first-order valence-corrected chi connectivity index (χ1v) is 16.2. The molecule has 0 amide bonds. The van der Waals surface area contributed by atoms with E-state index >= 15 is 0 Å². The van der Waals surface area contributed by atoms with E-state index in [9.17, 15) is 9.59 Å². The molecular weight excluding hydrogens is 474 g/mol. The Morgan fingerprint density at radius 3 is 1.63 bits per heavy atom. The van der Waals surface area contributed by atoms with Crippen LogP contribution in [-0.4, -0.2) is 48.7 Å². The van der Waals surface area contributed by atoms with Crippen LogP contribution in [0, 0.1) is 0 Å². The molecule has 0 heterocycles. The largest absolute Gasteiger partial charge is 0.481 e. The molecule has 38 heavy (non-hydrogen) atoms. The number of carboxylic acid groups (broad SMARTS) is 1. The lowest BCUT2D eigenvalue weighted by Crippen LogP contribution is -2.20. The smallest absolute Gasteiger partial charge is 0.306 e. The summed E-state index contributed by atoms with van der Waals surface area (Å²) in [6.45, 7) is 3.17. The summed E-state index contributed by atoms with van der Waals surface area (Å²) < 4.78 is 5.87. The number of unbranched alkanes of at least 4 members (excludes halogenated alkanes) is 16. The molecule has 224 valence electrons. The molecule has 1 N–H and O–H groups in total. The number of carboxylic acids is 1. The number of hydrogen-bond donors (Lipinski definition) is 1. The van der Waals surface area contributed by atoms with Crippen LogP contribution in [-0.2, 0) is 14.3 Å². The van der Waals surface area contributed by atoms with Crippen molar-refractivity contribution in [1.82, 2.24) is 4.90 Å². The highest BCUT2D eigenvalue weighted by Crippen LogP contribution is 2.18. The Morgan fingerprint density at radius 1 is 0.658 bits per heavy atom. The molecule has 5 heteroatoms. The van der Waals surface area contributed by atoms with Crippen LogP contribution in [0.25, 0.3) is 0 Å². The molecule has 0 saturated carbocycles. The van der Waals surface area contributed by atoms with Crippen LogP contribution in [0.4, 0.5) is 0 Å². The molecule has 1 unspecified atom stereocenters. The number of nitrogens with zero attached hydrogens (tertiary/aromatic N) is 1. The van der Waals surface area contributed by atoms with Crippen molar-refractivity contribution in [3.63, 3.8) is 0 Å². The molecule has 5 nitrogen and oxygen atoms in total. The molecule has 0 saturated heterocycles. The molecule has 0 fully saturated rings. The van der Waals surface area contributed by atoms with Gasteiger partial charge in [-0.25, -0.2) is 0 Å². The minimum Gasteiger partial charge on any atom is -0.481 e. The number of hydrogen-bond acceptors (Lipinski definition) is 4. The molecular formula is C33H63NO4. The maximum absolute atomic E-state index is 12.3. The molecule has 0 aliphatic carbocycles. The lowest BCUT2D eigenvalue weighted by atomic mass is 10.0. The summed E-state index contributed by atoms with van der Waals surface area (Å²) in [7, 11) is 4.09. The molecule has 0 aliphatic heterocycles. The van der Waals surface area contributed by atoms with Crippen LogP contribution in [0.2, 0.25) is 0 Å². The Bertz CT molecular complexity index is 561. The quantitative estimate of drug-likeness (QED) is 0.0584. The van der Waals surface area contributed by atoms with E-state index in [1.165, 1.54) is 96.3 Å².